The van der Waals surface area contributed by atoms with E-state index in [0.717, 1.165) is 10.4 Å². The van der Waals surface area contributed by atoms with Gasteiger partial charge in [-0.3, -0.25) is 19.7 Å². The maximum absolute atomic E-state index is 12.1. The SMILES string of the molecule is Cc1cc(C(=O)NC2CCC(=O)NC2=O)sc1C#CCN. The number of hydrogen-bond donors (Lipinski definition) is 3. The van der Waals surface area contributed by atoms with Crippen molar-refractivity contribution in [2.45, 2.75) is 25.8 Å². The molecule has 1 aliphatic heterocycles. The van der Waals surface area contributed by atoms with Crippen LogP contribution in [0.5, 0.6) is 0 Å². The molecule has 6 nitrogen and oxygen atoms in total. The molecule has 7 heteroatoms. The lowest BCUT2D eigenvalue weighted by Gasteiger charge is -2.21. The zero-order valence-corrected chi connectivity index (χ0v) is 12.3. The number of nitrogens with one attached hydrogen (secondary N) is 2. The van der Waals surface area contributed by atoms with Crippen molar-refractivity contribution >= 4 is 29.1 Å². The van der Waals surface area contributed by atoms with E-state index in [4.69, 9.17) is 5.73 Å². The Kier molecular flexibility index (Phi) is 4.73. The summed E-state index contributed by atoms with van der Waals surface area (Å²) < 4.78 is 0. The molecule has 0 aliphatic carbocycles. The lowest BCUT2D eigenvalue weighted by Crippen LogP contribution is -2.52. The number of thiophene rings is 1. The minimum absolute atomic E-state index is 0.230. The molecule has 1 aromatic rings. The number of carbonyl (C=O) groups excluding carboxylic acids is 3. The van der Waals surface area contributed by atoms with Gasteiger partial charge in [0.25, 0.3) is 5.91 Å². The topological polar surface area (TPSA) is 101 Å². The number of imide groups is 1. The van der Waals surface area contributed by atoms with Crippen LogP contribution in [0, 0.1) is 18.8 Å². The zero-order valence-electron chi connectivity index (χ0n) is 11.5. The monoisotopic (exact) mass is 305 g/mol. The van der Waals surface area contributed by atoms with Gasteiger partial charge >= 0.3 is 0 Å². The molecule has 4 N–H and O–H groups in total. The van der Waals surface area contributed by atoms with Crippen LogP contribution >= 0.6 is 11.3 Å². The number of piperidine rings is 1. The average molecular weight is 305 g/mol. The number of carbonyl (C=O) groups is 3. The predicted molar refractivity (Wildman–Crippen MR) is 78.6 cm³/mol. The van der Waals surface area contributed by atoms with Crippen molar-refractivity contribution in [3.63, 3.8) is 0 Å². The summed E-state index contributed by atoms with van der Waals surface area (Å²) in [5.74, 6) is 4.55. The molecule has 110 valence electrons. The van der Waals surface area contributed by atoms with E-state index in [0.29, 0.717) is 11.3 Å². The van der Waals surface area contributed by atoms with Crippen molar-refractivity contribution in [3.05, 3.63) is 21.4 Å². The smallest absolute Gasteiger partial charge is 0.262 e. The fraction of sp³-hybridized carbons (Fsp3) is 0.357. The quantitative estimate of drug-likeness (QED) is 0.524. The lowest BCUT2D eigenvalue weighted by molar-refractivity contribution is -0.134. The van der Waals surface area contributed by atoms with Gasteiger partial charge in [0.2, 0.25) is 11.8 Å². The van der Waals surface area contributed by atoms with Gasteiger partial charge in [-0.15, -0.1) is 11.3 Å². The normalized spacial score (nSPS) is 17.7. The summed E-state index contributed by atoms with van der Waals surface area (Å²) in [4.78, 5) is 36.1. The molecule has 1 aliphatic rings. The van der Waals surface area contributed by atoms with Crippen LogP contribution in [0.1, 0.15) is 33.0 Å². The van der Waals surface area contributed by atoms with Gasteiger partial charge in [-0.2, -0.15) is 0 Å². The van der Waals surface area contributed by atoms with Gasteiger partial charge in [-0.1, -0.05) is 11.8 Å². The Hall–Kier alpha value is -2.17. The second kappa shape index (κ2) is 6.52. The van der Waals surface area contributed by atoms with Crippen molar-refractivity contribution in [1.82, 2.24) is 10.6 Å². The number of rotatable bonds is 2. The highest BCUT2D eigenvalue weighted by molar-refractivity contribution is 7.14. The Morgan fingerprint density at radius 1 is 1.57 bits per heavy atom. The van der Waals surface area contributed by atoms with E-state index in [-0.39, 0.29) is 24.8 Å². The average Bonchev–Trinajstić information content (AvgIpc) is 2.81. The molecule has 0 saturated carbocycles. The minimum atomic E-state index is -0.670. The Balaban J connectivity index is 2.07. The Morgan fingerprint density at radius 2 is 2.33 bits per heavy atom. The van der Waals surface area contributed by atoms with Crippen LogP contribution in [-0.4, -0.2) is 30.3 Å². The number of hydrogen-bond acceptors (Lipinski definition) is 5. The summed E-state index contributed by atoms with van der Waals surface area (Å²) in [5, 5.41) is 4.84. The summed E-state index contributed by atoms with van der Waals surface area (Å²) >= 11 is 1.26. The van der Waals surface area contributed by atoms with E-state index in [9.17, 15) is 14.4 Å². The van der Waals surface area contributed by atoms with Crippen molar-refractivity contribution in [2.24, 2.45) is 5.73 Å². The summed E-state index contributed by atoms with van der Waals surface area (Å²) in [6.45, 7) is 2.12. The first kappa shape index (κ1) is 15.2. The van der Waals surface area contributed by atoms with Crippen LogP contribution in [0.4, 0.5) is 0 Å². The Morgan fingerprint density at radius 3 is 3.00 bits per heavy atom. The van der Waals surface area contributed by atoms with Gasteiger partial charge in [0, 0.05) is 6.42 Å². The molecule has 1 fully saturated rings. The molecule has 3 amide bonds. The molecular formula is C14H15N3O3S. The Labute approximate surface area is 126 Å². The largest absolute Gasteiger partial charge is 0.340 e. The first-order chi connectivity index (χ1) is 10.0. The fourth-order valence-electron chi connectivity index (χ4n) is 1.91. The highest BCUT2D eigenvalue weighted by atomic mass is 32.1. The number of nitrogens with two attached hydrogens (primary N) is 1. The summed E-state index contributed by atoms with van der Waals surface area (Å²) in [6.07, 6.45) is 0.550. The lowest BCUT2D eigenvalue weighted by atomic mass is 10.1. The molecule has 2 heterocycles. The highest BCUT2D eigenvalue weighted by Gasteiger charge is 2.28. The van der Waals surface area contributed by atoms with Gasteiger partial charge < -0.3 is 11.1 Å². The van der Waals surface area contributed by atoms with Crippen LogP contribution in [0.25, 0.3) is 0 Å². The van der Waals surface area contributed by atoms with Crippen LogP contribution in [-0.2, 0) is 9.59 Å². The van der Waals surface area contributed by atoms with Gasteiger partial charge in [0.05, 0.1) is 16.3 Å². The highest BCUT2D eigenvalue weighted by Crippen LogP contribution is 2.21. The van der Waals surface area contributed by atoms with Gasteiger partial charge in [0.1, 0.15) is 6.04 Å². The van der Waals surface area contributed by atoms with Gasteiger partial charge in [-0.25, -0.2) is 0 Å². The second-order valence-corrected chi connectivity index (χ2v) is 5.66. The molecule has 0 bridgehead atoms. The summed E-state index contributed by atoms with van der Waals surface area (Å²) in [7, 11) is 0. The van der Waals surface area contributed by atoms with E-state index >= 15 is 0 Å². The third-order valence-corrected chi connectivity index (χ3v) is 4.14. The molecule has 21 heavy (non-hydrogen) atoms. The molecule has 1 unspecified atom stereocenters. The van der Waals surface area contributed by atoms with E-state index in [1.165, 1.54) is 11.3 Å². The Bertz CT molecular complexity index is 654. The molecule has 0 radical (unpaired) electrons. The van der Waals surface area contributed by atoms with Crippen molar-refractivity contribution < 1.29 is 14.4 Å². The maximum atomic E-state index is 12.1. The third kappa shape index (κ3) is 3.68. The second-order valence-electron chi connectivity index (χ2n) is 4.61. The maximum Gasteiger partial charge on any atom is 0.262 e. The van der Waals surface area contributed by atoms with Gasteiger partial charge in [-0.05, 0) is 25.0 Å². The van der Waals surface area contributed by atoms with E-state index in [2.05, 4.69) is 22.5 Å². The van der Waals surface area contributed by atoms with Gasteiger partial charge in [0.15, 0.2) is 0 Å². The van der Waals surface area contributed by atoms with Crippen molar-refractivity contribution in [1.29, 1.82) is 0 Å². The van der Waals surface area contributed by atoms with Crippen LogP contribution in [0.15, 0.2) is 6.07 Å². The van der Waals surface area contributed by atoms with E-state index < -0.39 is 11.9 Å². The summed E-state index contributed by atoms with van der Waals surface area (Å²) in [6, 6.07) is 1.06. The molecule has 1 atom stereocenters. The summed E-state index contributed by atoms with van der Waals surface area (Å²) in [5.41, 5.74) is 6.22. The third-order valence-electron chi connectivity index (χ3n) is 2.99. The van der Waals surface area contributed by atoms with E-state index in [1.54, 1.807) is 6.07 Å². The zero-order chi connectivity index (χ0) is 15.4. The standard InChI is InChI=1S/C14H15N3O3S/c1-8-7-11(21-10(8)3-2-6-15)14(20)16-9-4-5-12(18)17-13(9)19/h7,9H,4-6,15H2,1H3,(H,16,20)(H,17,18,19). The molecule has 0 aromatic carbocycles. The van der Waals surface area contributed by atoms with Crippen LogP contribution in [0.3, 0.4) is 0 Å². The molecular weight excluding hydrogens is 290 g/mol. The molecule has 2 rings (SSSR count). The first-order valence-electron chi connectivity index (χ1n) is 6.45. The fourth-order valence-corrected chi connectivity index (χ4v) is 2.86. The number of amides is 3. The molecule has 0 spiro atoms. The van der Waals surface area contributed by atoms with E-state index in [1.807, 2.05) is 6.92 Å². The predicted octanol–water partition coefficient (Wildman–Crippen LogP) is -0.0983. The van der Waals surface area contributed by atoms with Crippen LogP contribution < -0.4 is 16.4 Å². The van der Waals surface area contributed by atoms with Crippen LogP contribution in [0.2, 0.25) is 0 Å². The first-order valence-corrected chi connectivity index (χ1v) is 7.27. The molecule has 1 saturated heterocycles. The van der Waals surface area contributed by atoms with Crippen molar-refractivity contribution in [3.8, 4) is 11.8 Å². The molecule has 1 aromatic heterocycles. The minimum Gasteiger partial charge on any atom is -0.340 e. The number of aryl methyl sites for hydroxylation is 1. The van der Waals surface area contributed by atoms with Crippen molar-refractivity contribution in [2.75, 3.05) is 6.54 Å².